The van der Waals surface area contributed by atoms with Gasteiger partial charge in [0.15, 0.2) is 6.23 Å². The van der Waals surface area contributed by atoms with Gasteiger partial charge in [0.25, 0.3) is 0 Å². The molecule has 507 valence electrons. The van der Waals surface area contributed by atoms with E-state index in [0.29, 0.717) is 62.1 Å². The summed E-state index contributed by atoms with van der Waals surface area (Å²) < 4.78 is 32.2. The van der Waals surface area contributed by atoms with E-state index in [9.17, 15) is 53.2 Å². The van der Waals surface area contributed by atoms with Crippen molar-refractivity contribution < 1.29 is 83.8 Å². The number of benzene rings is 1. The van der Waals surface area contributed by atoms with Crippen LogP contribution in [0.15, 0.2) is 72.7 Å². The molecule has 29 heteroatoms. The Balaban J connectivity index is 0.00000672. The van der Waals surface area contributed by atoms with Gasteiger partial charge in [-0.2, -0.15) is 0 Å². The Morgan fingerprint density at radius 3 is 1.88 bits per heavy atom. The summed E-state index contributed by atoms with van der Waals surface area (Å²) in [5, 5.41) is 24.6. The van der Waals surface area contributed by atoms with E-state index in [1.807, 2.05) is 66.7 Å². The fourth-order valence-electron chi connectivity index (χ4n) is 15.0. The number of aromatic nitrogens is 2. The second-order valence-corrected chi connectivity index (χ2v) is 28.2. The monoisotopic (exact) mass is 1340 g/mol. The van der Waals surface area contributed by atoms with Gasteiger partial charge in [0, 0.05) is 136 Å². The van der Waals surface area contributed by atoms with Crippen molar-refractivity contribution in [3.63, 3.8) is 0 Å². The summed E-state index contributed by atoms with van der Waals surface area (Å²) in [5.74, 6) is -7.52. The van der Waals surface area contributed by atoms with Crippen LogP contribution in [0.25, 0.3) is 11.0 Å². The van der Waals surface area contributed by atoms with E-state index in [0.717, 1.165) is 11.1 Å². The third-order valence-corrected chi connectivity index (χ3v) is 21.3. The average Bonchev–Trinajstić information content (AvgIpc) is 1.53. The van der Waals surface area contributed by atoms with E-state index >= 15 is 0 Å². The van der Waals surface area contributed by atoms with Crippen LogP contribution in [0.2, 0.25) is 0 Å². The van der Waals surface area contributed by atoms with Crippen LogP contribution in [0, 0.1) is 66.6 Å². The molecule has 8 rings (SSSR count). The van der Waals surface area contributed by atoms with Gasteiger partial charge in [-0.3, -0.25) is 62.6 Å². The predicted octanol–water partition coefficient (Wildman–Crippen LogP) is 4.09. The van der Waals surface area contributed by atoms with Crippen molar-refractivity contribution in [1.82, 2.24) is 14.9 Å². The van der Waals surface area contributed by atoms with E-state index in [4.69, 9.17) is 68.2 Å². The number of phosphoric ester groups is 1. The molecule has 1 fully saturated rings. The molecule has 2 aromatic rings. The smallest absolute Gasteiger partial charge is 0.394 e. The number of ether oxygens (including phenoxy) is 1. The molecule has 1 radical (unpaired) electrons. The zero-order valence-electron chi connectivity index (χ0n) is 54.5. The van der Waals surface area contributed by atoms with E-state index < -0.39 is 137 Å². The first kappa shape index (κ1) is 74.4. The second-order valence-electron chi connectivity index (χ2n) is 26.8. The number of amides is 7. The number of allylic oxidation sites excluding steroid dienone is 6. The van der Waals surface area contributed by atoms with Gasteiger partial charge in [0.05, 0.1) is 47.2 Å². The zero-order chi connectivity index (χ0) is 66.7. The molecule has 6 aliphatic heterocycles. The van der Waals surface area contributed by atoms with E-state index in [2.05, 4.69) is 10.3 Å². The first-order valence-electron chi connectivity index (χ1n) is 30.4. The van der Waals surface area contributed by atoms with Crippen LogP contribution in [0.4, 0.5) is 0 Å². The van der Waals surface area contributed by atoms with E-state index in [-0.39, 0.29) is 101 Å². The van der Waals surface area contributed by atoms with Gasteiger partial charge in [-0.15, -0.1) is 0 Å². The molecule has 1 aromatic heterocycles. The number of phosphoric acid groups is 1. The molecular formula is C63H91CoN13O14P-. The summed E-state index contributed by atoms with van der Waals surface area (Å²) in [4.78, 5) is 131. The average molecular weight is 1340 g/mol. The number of fused-ring (bicyclic) bond motifs is 6. The van der Waals surface area contributed by atoms with Crippen LogP contribution < -0.4 is 39.7 Å². The van der Waals surface area contributed by atoms with Gasteiger partial charge in [-0.05, 0) is 108 Å². The Morgan fingerprint density at radius 1 is 0.739 bits per heavy atom. The molecule has 27 nitrogen and oxygen atoms in total. The normalized spacial score (nSPS) is 30.6. The second kappa shape index (κ2) is 27.8. The first-order valence-corrected chi connectivity index (χ1v) is 31.9. The standard InChI is InChI=1S/C62H88N13O14P.CH3.Co/c1-29-20-39-40(21-30(29)2)75(28-70-39)57-52(84)53(41(27-76)87-57)89-90(85,86)88-31(3)26-69-49(83)18-19-59(8)37(22-46(66)80)56-62(11)61(10,25-48(68)82)36(14-17-45(65)79)51(74-62)33(5)55-60(9,24-47(67)81)34(12-15-43(63)77)38(71-55)23-42-58(6,7)35(13-16-44(64)78)50(72-42)32(4)54(59)73-56;;/h20-21,23,28,31,34-37,41,52-53,57,76,84H,12-19,22,24-27H2,1-11H3,(H2,63,77)(H2,64,78)(H2,65,79)(H2,66,80)(H2,67,81)(H2,68,82)(H,69,83)(H,85,86);1H3;/q;-1;. The molecule has 7 amide bonds. The summed E-state index contributed by atoms with van der Waals surface area (Å²) in [7, 11) is -5.07. The molecule has 1 saturated heterocycles. The summed E-state index contributed by atoms with van der Waals surface area (Å²) >= 11 is 0. The minimum absolute atomic E-state index is 0. The maximum atomic E-state index is 14.4. The SMILES string of the molecule is CC1=C2N=C(C=C3N=C(C(C)=C4N=C(C(CC(N)=O)C4(C)CCC(=O)NCC(C)OP(=O)(O)OC4C(CO)OC(n5cnc6cc(C)c(C)cc65)C4O)C4(C)N=C1C(CCC(N)=O)C4(C)CC(N)=O)C(CCC(N)=O)C3(C)C)C(CCC(N)=O)C2(C)CC(N)=O.[CH3-].[Co]. The van der Waals surface area contributed by atoms with Crippen molar-refractivity contribution in [3.8, 4) is 0 Å². The Labute approximate surface area is 546 Å². The van der Waals surface area contributed by atoms with Crippen LogP contribution in [0.1, 0.15) is 150 Å². The molecule has 1 aromatic carbocycles. The number of hydrogen-bond acceptors (Lipinski definition) is 18. The van der Waals surface area contributed by atoms with Crippen LogP contribution in [-0.2, 0) is 68.7 Å². The quantitative estimate of drug-likeness (QED) is 0.0468. The third-order valence-electron chi connectivity index (χ3n) is 20.2. The number of carbonyl (C=O) groups is 7. The topological polar surface area (TPSA) is 460 Å². The number of aliphatic hydroxyl groups is 2. The zero-order valence-corrected chi connectivity index (χ0v) is 56.4. The summed E-state index contributed by atoms with van der Waals surface area (Å²) in [6, 6.07) is 3.73. The van der Waals surface area contributed by atoms with Crippen molar-refractivity contribution in [1.29, 1.82) is 0 Å². The van der Waals surface area contributed by atoms with Gasteiger partial charge >= 0.3 is 7.82 Å². The van der Waals surface area contributed by atoms with E-state index in [1.165, 1.54) is 13.3 Å². The van der Waals surface area contributed by atoms with Gasteiger partial charge in [0.1, 0.15) is 23.9 Å². The molecule has 6 aliphatic rings. The number of nitrogens with one attached hydrogen (secondary N) is 1. The van der Waals surface area contributed by atoms with Crippen LogP contribution in [0.3, 0.4) is 0 Å². The Morgan fingerprint density at radius 2 is 1.30 bits per heavy atom. The van der Waals surface area contributed by atoms with Crippen LogP contribution in [-0.4, -0.2) is 132 Å². The number of aryl methyl sites for hydroxylation is 2. The molecule has 14 atom stereocenters. The van der Waals surface area contributed by atoms with Gasteiger partial charge in [-0.25, -0.2) is 9.55 Å². The molecule has 8 bridgehead atoms. The first-order chi connectivity index (χ1) is 41.8. The Hall–Kier alpha value is -6.62. The number of primary amides is 6. The molecule has 16 N–H and O–H groups in total. The van der Waals surface area contributed by atoms with Crippen molar-refractivity contribution in [2.75, 3.05) is 13.2 Å². The molecular weight excluding hydrogens is 1250 g/mol. The summed E-state index contributed by atoms with van der Waals surface area (Å²) in [5.41, 5.74) is 36.8. The molecule has 0 aliphatic carbocycles. The molecule has 7 heterocycles. The third kappa shape index (κ3) is 14.1. The maximum absolute atomic E-state index is 14.4. The van der Waals surface area contributed by atoms with Crippen LogP contribution in [0.5, 0.6) is 0 Å². The number of nitrogens with zero attached hydrogens (tertiary/aromatic N) is 6. The number of aliphatic imine (C=N–C) groups is 4. The van der Waals surface area contributed by atoms with Crippen LogP contribution >= 0.6 is 7.82 Å². The summed E-state index contributed by atoms with van der Waals surface area (Å²) in [6.45, 7) is 19.0. The van der Waals surface area contributed by atoms with Crippen molar-refractivity contribution in [2.45, 2.75) is 183 Å². The minimum atomic E-state index is -5.07. The Kier molecular flexibility index (Phi) is 22.4. The Bertz CT molecular complexity index is 3610. The molecule has 14 unspecified atom stereocenters. The molecule has 0 spiro atoms. The van der Waals surface area contributed by atoms with Crippen molar-refractivity contribution >= 4 is 83.1 Å². The van der Waals surface area contributed by atoms with Gasteiger partial charge in [0.2, 0.25) is 41.4 Å². The van der Waals surface area contributed by atoms with Crippen molar-refractivity contribution in [2.24, 2.45) is 99.7 Å². The number of imidazole rings is 1. The number of aliphatic hydroxyl groups excluding tert-OH is 2. The number of rotatable bonds is 26. The van der Waals surface area contributed by atoms with Gasteiger partial charge in [-0.1, -0.05) is 34.6 Å². The van der Waals surface area contributed by atoms with E-state index in [1.54, 1.807) is 25.3 Å². The minimum Gasteiger partial charge on any atom is -0.394 e. The molecule has 92 heavy (non-hydrogen) atoms. The maximum Gasteiger partial charge on any atom is 0.472 e. The molecule has 0 saturated carbocycles. The largest absolute Gasteiger partial charge is 0.472 e. The fourth-order valence-corrected chi connectivity index (χ4v) is 16.2. The number of nitrogens with two attached hydrogens (primary N) is 6. The predicted molar refractivity (Wildman–Crippen MR) is 341 cm³/mol. The van der Waals surface area contributed by atoms with Crippen molar-refractivity contribution in [3.05, 3.63) is 71.3 Å². The van der Waals surface area contributed by atoms with Gasteiger partial charge < -0.3 is 71.6 Å². The number of hydrogen-bond donors (Lipinski definition) is 10. The fraction of sp³-hybridized carbons (Fsp3) is 0.603. The summed E-state index contributed by atoms with van der Waals surface area (Å²) in [6.07, 6.45) is -4.63. The number of carbonyl (C=O) groups excluding carboxylic acids is 7.